The van der Waals surface area contributed by atoms with Crippen LogP contribution in [-0.4, -0.2) is 27.4 Å². The molecule has 0 bridgehead atoms. The van der Waals surface area contributed by atoms with Crippen LogP contribution in [0.4, 0.5) is 0 Å². The molecule has 0 spiro atoms. The molecule has 1 aromatic rings. The van der Waals surface area contributed by atoms with E-state index in [4.69, 9.17) is 10.2 Å². The number of aliphatic hydroxyl groups excluding tert-OH is 1. The summed E-state index contributed by atoms with van der Waals surface area (Å²) in [6, 6.07) is 1.63. The number of carboxylic acids is 1. The normalized spacial score (nSPS) is 10.5. The number of carbonyl (C=O) groups is 1. The lowest BCUT2D eigenvalue weighted by atomic mass is 10.1. The van der Waals surface area contributed by atoms with E-state index in [9.17, 15) is 4.79 Å². The van der Waals surface area contributed by atoms with Crippen LogP contribution in [0.2, 0.25) is 0 Å². The number of aryl methyl sites for hydroxylation is 1. The van der Waals surface area contributed by atoms with Crippen LogP contribution in [0.1, 0.15) is 35.8 Å². The maximum absolute atomic E-state index is 10.9. The molecular weight excluding hydrogens is 194 g/mol. The Bertz CT molecular complexity index is 331. The Morgan fingerprint density at radius 3 is 2.80 bits per heavy atom. The second kappa shape index (κ2) is 5.56. The molecule has 2 N–H and O–H groups in total. The smallest absolute Gasteiger partial charge is 0.337 e. The number of hydrogen-bond acceptors (Lipinski definition) is 2. The molecule has 15 heavy (non-hydrogen) atoms. The molecule has 0 saturated carbocycles. The van der Waals surface area contributed by atoms with E-state index in [2.05, 4.69) is 0 Å². The third kappa shape index (κ3) is 2.83. The average molecular weight is 211 g/mol. The lowest BCUT2D eigenvalue weighted by Gasteiger charge is -2.08. The Hall–Kier alpha value is -1.29. The molecule has 0 aliphatic rings. The number of aromatic nitrogens is 1. The first kappa shape index (κ1) is 11.8. The van der Waals surface area contributed by atoms with Gasteiger partial charge in [0.15, 0.2) is 0 Å². The molecule has 1 aromatic heterocycles. The minimum Gasteiger partial charge on any atom is -0.478 e. The van der Waals surface area contributed by atoms with Gasteiger partial charge >= 0.3 is 5.97 Å². The summed E-state index contributed by atoms with van der Waals surface area (Å²) < 4.78 is 1.92. The van der Waals surface area contributed by atoms with Gasteiger partial charge in [0.05, 0.1) is 5.56 Å². The van der Waals surface area contributed by atoms with E-state index in [0.29, 0.717) is 18.5 Å². The summed E-state index contributed by atoms with van der Waals surface area (Å²) in [5.41, 5.74) is 1.24. The summed E-state index contributed by atoms with van der Waals surface area (Å²) in [4.78, 5) is 10.9. The monoisotopic (exact) mass is 211 g/mol. The first-order valence-electron chi connectivity index (χ1n) is 5.22. The van der Waals surface area contributed by atoms with Crippen molar-refractivity contribution in [3.05, 3.63) is 23.5 Å². The molecule has 0 saturated heterocycles. The molecule has 1 rings (SSSR count). The zero-order valence-electron chi connectivity index (χ0n) is 8.94. The molecule has 0 atom stereocenters. The minimum atomic E-state index is -0.874. The highest BCUT2D eigenvalue weighted by Gasteiger charge is 2.13. The largest absolute Gasteiger partial charge is 0.478 e. The standard InChI is InChI=1S/C11H17NO3/c1-2-4-10-9(11(14)15)5-7-12(10)6-3-8-13/h5,7,13H,2-4,6,8H2,1H3,(H,14,15). The van der Waals surface area contributed by atoms with Crippen molar-refractivity contribution >= 4 is 5.97 Å². The van der Waals surface area contributed by atoms with Crippen molar-refractivity contribution in [1.82, 2.24) is 4.57 Å². The molecule has 0 aliphatic heterocycles. The number of carboxylic acid groups (broad SMARTS) is 1. The lowest BCUT2D eigenvalue weighted by Crippen LogP contribution is -2.07. The highest BCUT2D eigenvalue weighted by molar-refractivity contribution is 5.89. The Morgan fingerprint density at radius 1 is 1.53 bits per heavy atom. The minimum absolute atomic E-state index is 0.131. The van der Waals surface area contributed by atoms with Gasteiger partial charge in [0.25, 0.3) is 0 Å². The van der Waals surface area contributed by atoms with Gasteiger partial charge < -0.3 is 14.8 Å². The molecule has 0 aromatic carbocycles. The predicted molar refractivity (Wildman–Crippen MR) is 57.1 cm³/mol. The van der Waals surface area contributed by atoms with Gasteiger partial charge in [-0.05, 0) is 18.9 Å². The molecule has 0 radical (unpaired) electrons. The SMILES string of the molecule is CCCc1c(C(=O)O)ccn1CCCO. The number of rotatable bonds is 6. The van der Waals surface area contributed by atoms with Gasteiger partial charge in [0.2, 0.25) is 0 Å². The van der Waals surface area contributed by atoms with Crippen LogP contribution in [0, 0.1) is 0 Å². The van der Waals surface area contributed by atoms with E-state index in [0.717, 1.165) is 18.5 Å². The number of aliphatic hydroxyl groups is 1. The predicted octanol–water partition coefficient (Wildman–Crippen LogP) is 1.52. The Morgan fingerprint density at radius 2 is 2.27 bits per heavy atom. The average Bonchev–Trinajstić information content (AvgIpc) is 2.59. The summed E-state index contributed by atoms with van der Waals surface area (Å²) in [6.45, 7) is 2.83. The summed E-state index contributed by atoms with van der Waals surface area (Å²) >= 11 is 0. The van der Waals surface area contributed by atoms with E-state index in [1.807, 2.05) is 11.5 Å². The Balaban J connectivity index is 2.90. The van der Waals surface area contributed by atoms with Gasteiger partial charge in [-0.25, -0.2) is 4.79 Å². The van der Waals surface area contributed by atoms with Gasteiger partial charge in [0, 0.05) is 25.0 Å². The third-order valence-corrected chi connectivity index (χ3v) is 2.35. The maximum atomic E-state index is 10.9. The van der Waals surface area contributed by atoms with E-state index in [-0.39, 0.29) is 6.61 Å². The fourth-order valence-electron chi connectivity index (χ4n) is 1.67. The summed E-state index contributed by atoms with van der Waals surface area (Å²) in [5, 5.41) is 17.7. The van der Waals surface area contributed by atoms with Crippen LogP contribution in [0.5, 0.6) is 0 Å². The molecule has 84 valence electrons. The first-order chi connectivity index (χ1) is 7.20. The number of aromatic carboxylic acids is 1. The molecule has 4 nitrogen and oxygen atoms in total. The van der Waals surface area contributed by atoms with Gasteiger partial charge in [-0.2, -0.15) is 0 Å². The molecular formula is C11H17NO3. The molecule has 0 aliphatic carbocycles. The third-order valence-electron chi connectivity index (χ3n) is 2.35. The van der Waals surface area contributed by atoms with Crippen molar-refractivity contribution in [1.29, 1.82) is 0 Å². The second-order valence-corrected chi connectivity index (χ2v) is 3.50. The van der Waals surface area contributed by atoms with Crippen molar-refractivity contribution in [2.45, 2.75) is 32.7 Å². The zero-order chi connectivity index (χ0) is 11.3. The fraction of sp³-hybridized carbons (Fsp3) is 0.545. The van der Waals surface area contributed by atoms with Gasteiger partial charge in [-0.1, -0.05) is 13.3 Å². The zero-order valence-corrected chi connectivity index (χ0v) is 8.94. The van der Waals surface area contributed by atoms with E-state index in [1.54, 1.807) is 12.3 Å². The van der Waals surface area contributed by atoms with Crippen molar-refractivity contribution in [3.8, 4) is 0 Å². The fourth-order valence-corrected chi connectivity index (χ4v) is 1.67. The van der Waals surface area contributed by atoms with Crippen molar-refractivity contribution in [2.24, 2.45) is 0 Å². The van der Waals surface area contributed by atoms with E-state index in [1.165, 1.54) is 0 Å². The highest BCUT2D eigenvalue weighted by atomic mass is 16.4. The molecule has 4 heteroatoms. The van der Waals surface area contributed by atoms with Crippen LogP contribution in [0.25, 0.3) is 0 Å². The quantitative estimate of drug-likeness (QED) is 0.750. The summed E-state index contributed by atoms with van der Waals surface area (Å²) in [7, 11) is 0. The summed E-state index contributed by atoms with van der Waals surface area (Å²) in [6.07, 6.45) is 4.12. The lowest BCUT2D eigenvalue weighted by molar-refractivity contribution is 0.0695. The Labute approximate surface area is 89.2 Å². The van der Waals surface area contributed by atoms with Crippen molar-refractivity contribution < 1.29 is 15.0 Å². The molecule has 0 unspecified atom stereocenters. The number of hydrogen-bond donors (Lipinski definition) is 2. The number of nitrogens with zero attached hydrogens (tertiary/aromatic N) is 1. The van der Waals surface area contributed by atoms with Crippen LogP contribution in [0.15, 0.2) is 12.3 Å². The highest BCUT2D eigenvalue weighted by Crippen LogP contribution is 2.14. The Kier molecular flexibility index (Phi) is 4.37. The van der Waals surface area contributed by atoms with Crippen LogP contribution >= 0.6 is 0 Å². The second-order valence-electron chi connectivity index (χ2n) is 3.50. The van der Waals surface area contributed by atoms with E-state index < -0.39 is 5.97 Å². The molecule has 0 fully saturated rings. The maximum Gasteiger partial charge on any atom is 0.337 e. The van der Waals surface area contributed by atoms with Crippen LogP contribution in [-0.2, 0) is 13.0 Å². The van der Waals surface area contributed by atoms with Crippen LogP contribution < -0.4 is 0 Å². The van der Waals surface area contributed by atoms with Crippen molar-refractivity contribution in [3.63, 3.8) is 0 Å². The van der Waals surface area contributed by atoms with Gasteiger partial charge in [0.1, 0.15) is 0 Å². The van der Waals surface area contributed by atoms with Crippen molar-refractivity contribution in [2.75, 3.05) is 6.61 Å². The van der Waals surface area contributed by atoms with Crippen LogP contribution in [0.3, 0.4) is 0 Å². The van der Waals surface area contributed by atoms with E-state index >= 15 is 0 Å². The molecule has 1 heterocycles. The van der Waals surface area contributed by atoms with Gasteiger partial charge in [-0.3, -0.25) is 0 Å². The topological polar surface area (TPSA) is 62.5 Å². The van der Waals surface area contributed by atoms with Gasteiger partial charge in [-0.15, -0.1) is 0 Å². The molecule has 0 amide bonds. The first-order valence-corrected chi connectivity index (χ1v) is 5.22. The summed E-state index contributed by atoms with van der Waals surface area (Å²) in [5.74, 6) is -0.874.